The highest BCUT2D eigenvalue weighted by Crippen LogP contribution is 2.37. The number of nitrogens with two attached hydrogens (primary N) is 1. The first-order valence-electron chi connectivity index (χ1n) is 6.43. The van der Waals surface area contributed by atoms with E-state index in [1.807, 2.05) is 0 Å². The van der Waals surface area contributed by atoms with Crippen molar-refractivity contribution in [2.75, 3.05) is 12.4 Å². The van der Waals surface area contributed by atoms with Crippen LogP contribution in [0.4, 0.5) is 5.69 Å². The van der Waals surface area contributed by atoms with Crippen molar-refractivity contribution in [3.8, 4) is 5.75 Å². The molecule has 0 amide bonds. The summed E-state index contributed by atoms with van der Waals surface area (Å²) in [4.78, 5) is 0.0986. The number of rotatable bonds is 6. The van der Waals surface area contributed by atoms with E-state index >= 15 is 0 Å². The number of methoxy groups -OCH3 is 1. The van der Waals surface area contributed by atoms with Gasteiger partial charge in [0, 0.05) is 6.04 Å². The fourth-order valence-electron chi connectivity index (χ4n) is 2.23. The summed E-state index contributed by atoms with van der Waals surface area (Å²) in [6.07, 6.45) is 3.44. The summed E-state index contributed by atoms with van der Waals surface area (Å²) in [5, 5.41) is 8.53. The van der Waals surface area contributed by atoms with Gasteiger partial charge in [0.1, 0.15) is 5.75 Å². The molecule has 1 atom stereocenters. The zero-order valence-electron chi connectivity index (χ0n) is 11.2. The molecule has 1 fully saturated rings. The molecule has 19 heavy (non-hydrogen) atoms. The Morgan fingerprint density at radius 2 is 2.16 bits per heavy atom. The number of sulfonamides is 1. The van der Waals surface area contributed by atoms with Crippen molar-refractivity contribution in [1.82, 2.24) is 0 Å². The second-order valence-corrected chi connectivity index (χ2v) is 6.47. The summed E-state index contributed by atoms with van der Waals surface area (Å²) in [7, 11) is -2.13. The Bertz CT molecular complexity index is 553. The molecule has 0 heterocycles. The highest BCUT2D eigenvalue weighted by atomic mass is 32.2. The van der Waals surface area contributed by atoms with Gasteiger partial charge in [-0.05, 0) is 43.4 Å². The Hall–Kier alpha value is -1.27. The summed E-state index contributed by atoms with van der Waals surface area (Å²) >= 11 is 0. The highest BCUT2D eigenvalue weighted by molar-refractivity contribution is 7.89. The van der Waals surface area contributed by atoms with Gasteiger partial charge in [-0.15, -0.1) is 0 Å². The summed E-state index contributed by atoms with van der Waals surface area (Å²) in [6, 6.07) is 4.97. The van der Waals surface area contributed by atoms with E-state index in [4.69, 9.17) is 9.88 Å². The minimum atomic E-state index is -3.69. The lowest BCUT2D eigenvalue weighted by Crippen LogP contribution is -2.21. The maximum absolute atomic E-state index is 11.4. The molecule has 6 heteroatoms. The molecule has 1 aromatic rings. The number of primary sulfonamides is 1. The zero-order valence-corrected chi connectivity index (χ0v) is 12.0. The quantitative estimate of drug-likeness (QED) is 0.836. The molecule has 5 nitrogen and oxygen atoms in total. The first-order chi connectivity index (χ1) is 8.95. The SMILES string of the molecule is CCC(Nc1cc(S(N)(=O)=O)ccc1OC)C1CC1. The summed E-state index contributed by atoms with van der Waals surface area (Å²) < 4.78 is 28.1. The first-order valence-corrected chi connectivity index (χ1v) is 7.97. The minimum Gasteiger partial charge on any atom is -0.495 e. The zero-order chi connectivity index (χ0) is 14.0. The fraction of sp³-hybridized carbons (Fsp3) is 0.538. The molecule has 1 saturated carbocycles. The normalized spacial score (nSPS) is 17.0. The van der Waals surface area contributed by atoms with Crippen LogP contribution in [0.15, 0.2) is 23.1 Å². The molecule has 1 aliphatic carbocycles. The van der Waals surface area contributed by atoms with Crippen molar-refractivity contribution >= 4 is 15.7 Å². The van der Waals surface area contributed by atoms with Gasteiger partial charge < -0.3 is 10.1 Å². The van der Waals surface area contributed by atoms with Crippen molar-refractivity contribution < 1.29 is 13.2 Å². The van der Waals surface area contributed by atoms with E-state index < -0.39 is 10.0 Å². The van der Waals surface area contributed by atoms with Crippen LogP contribution < -0.4 is 15.2 Å². The molecule has 1 aliphatic rings. The number of anilines is 1. The molecule has 0 aromatic heterocycles. The molecular formula is C13H20N2O3S. The lowest BCUT2D eigenvalue weighted by molar-refractivity contribution is 0.415. The van der Waals surface area contributed by atoms with Gasteiger partial charge in [-0.2, -0.15) is 0 Å². The van der Waals surface area contributed by atoms with Crippen LogP contribution in [-0.4, -0.2) is 21.6 Å². The van der Waals surface area contributed by atoms with Gasteiger partial charge in [-0.3, -0.25) is 0 Å². The summed E-state index contributed by atoms with van der Waals surface area (Å²) in [6.45, 7) is 2.12. The van der Waals surface area contributed by atoms with Crippen molar-refractivity contribution in [3.63, 3.8) is 0 Å². The first kappa shape index (κ1) is 14.1. The van der Waals surface area contributed by atoms with Crippen LogP contribution in [0.5, 0.6) is 5.75 Å². The average molecular weight is 284 g/mol. The molecule has 3 N–H and O–H groups in total. The van der Waals surface area contributed by atoms with Crippen molar-refractivity contribution in [3.05, 3.63) is 18.2 Å². The van der Waals surface area contributed by atoms with Crippen LogP contribution in [0, 0.1) is 5.92 Å². The van der Waals surface area contributed by atoms with Crippen LogP contribution >= 0.6 is 0 Å². The largest absolute Gasteiger partial charge is 0.495 e. The van der Waals surface area contributed by atoms with Crippen LogP contribution in [0.1, 0.15) is 26.2 Å². The van der Waals surface area contributed by atoms with Gasteiger partial charge in [0.15, 0.2) is 0 Å². The standard InChI is InChI=1S/C13H20N2O3S/c1-3-11(9-4-5-9)15-12-8-10(19(14,16)17)6-7-13(12)18-2/h6-9,11,15H,3-5H2,1-2H3,(H2,14,16,17). The maximum atomic E-state index is 11.4. The predicted octanol–water partition coefficient (Wildman–Crippen LogP) is 1.94. The highest BCUT2D eigenvalue weighted by Gasteiger charge is 2.30. The Morgan fingerprint density at radius 3 is 2.63 bits per heavy atom. The number of nitrogens with one attached hydrogen (secondary N) is 1. The molecule has 0 radical (unpaired) electrons. The molecule has 1 aromatic carbocycles. The lowest BCUT2D eigenvalue weighted by atomic mass is 10.1. The number of hydrogen-bond donors (Lipinski definition) is 2. The summed E-state index contributed by atoms with van der Waals surface area (Å²) in [5.41, 5.74) is 0.688. The molecule has 1 unspecified atom stereocenters. The fourth-order valence-corrected chi connectivity index (χ4v) is 2.77. The van der Waals surface area contributed by atoms with E-state index in [0.717, 1.165) is 6.42 Å². The number of benzene rings is 1. The molecule has 0 saturated heterocycles. The Morgan fingerprint density at radius 1 is 1.47 bits per heavy atom. The lowest BCUT2D eigenvalue weighted by Gasteiger charge is -2.20. The molecule has 106 valence electrons. The van der Waals surface area contributed by atoms with E-state index in [-0.39, 0.29) is 4.90 Å². The third-order valence-corrected chi connectivity index (χ3v) is 4.38. The third kappa shape index (κ3) is 3.39. The number of hydrogen-bond acceptors (Lipinski definition) is 4. The average Bonchev–Trinajstić information content (AvgIpc) is 3.18. The molecule has 0 aliphatic heterocycles. The van der Waals surface area contributed by atoms with Gasteiger partial charge in [0.2, 0.25) is 10.0 Å². The van der Waals surface area contributed by atoms with Gasteiger partial charge in [-0.25, -0.2) is 13.6 Å². The predicted molar refractivity (Wildman–Crippen MR) is 74.8 cm³/mol. The Balaban J connectivity index is 2.30. The monoisotopic (exact) mass is 284 g/mol. The van der Waals surface area contributed by atoms with Gasteiger partial charge in [-0.1, -0.05) is 6.92 Å². The smallest absolute Gasteiger partial charge is 0.238 e. The molecule has 2 rings (SSSR count). The second kappa shape index (κ2) is 5.38. The van der Waals surface area contributed by atoms with Crippen LogP contribution in [0.2, 0.25) is 0 Å². The van der Waals surface area contributed by atoms with Crippen LogP contribution in [-0.2, 0) is 10.0 Å². The van der Waals surface area contributed by atoms with Gasteiger partial charge >= 0.3 is 0 Å². The summed E-state index contributed by atoms with van der Waals surface area (Å²) in [5.74, 6) is 1.30. The molecule has 0 bridgehead atoms. The Kier molecular flexibility index (Phi) is 4.01. The number of ether oxygens (including phenoxy) is 1. The van der Waals surface area contributed by atoms with Crippen LogP contribution in [0.3, 0.4) is 0 Å². The van der Waals surface area contributed by atoms with Gasteiger partial charge in [0.05, 0.1) is 17.7 Å². The van der Waals surface area contributed by atoms with Gasteiger partial charge in [0.25, 0.3) is 0 Å². The van der Waals surface area contributed by atoms with E-state index in [9.17, 15) is 8.42 Å². The van der Waals surface area contributed by atoms with Crippen molar-refractivity contribution in [2.24, 2.45) is 11.1 Å². The van der Waals surface area contributed by atoms with E-state index in [2.05, 4.69) is 12.2 Å². The molecule has 0 spiro atoms. The topological polar surface area (TPSA) is 81.4 Å². The van der Waals surface area contributed by atoms with E-state index in [1.165, 1.54) is 18.9 Å². The van der Waals surface area contributed by atoms with Crippen molar-refractivity contribution in [1.29, 1.82) is 0 Å². The maximum Gasteiger partial charge on any atom is 0.238 e. The molecular weight excluding hydrogens is 264 g/mol. The Labute approximate surface area is 114 Å². The minimum absolute atomic E-state index is 0.0986. The van der Waals surface area contributed by atoms with Crippen LogP contribution in [0.25, 0.3) is 0 Å². The second-order valence-electron chi connectivity index (χ2n) is 4.90. The van der Waals surface area contributed by atoms with E-state index in [1.54, 1.807) is 19.2 Å². The van der Waals surface area contributed by atoms with E-state index in [0.29, 0.717) is 23.4 Å². The third-order valence-electron chi connectivity index (χ3n) is 3.47. The van der Waals surface area contributed by atoms with Crippen molar-refractivity contribution in [2.45, 2.75) is 37.1 Å².